The molecule has 2 rings (SSSR count). The van der Waals surface area contributed by atoms with Crippen molar-refractivity contribution in [2.24, 2.45) is 0 Å². The molecule has 0 bridgehead atoms. The smallest absolute Gasteiger partial charge is 0.410 e. The summed E-state index contributed by atoms with van der Waals surface area (Å²) >= 11 is 0. The monoisotopic (exact) mass is 280 g/mol. The van der Waals surface area contributed by atoms with Crippen molar-refractivity contribution >= 4 is 12.0 Å². The maximum Gasteiger partial charge on any atom is 0.410 e. The van der Waals surface area contributed by atoms with Gasteiger partial charge in [0, 0.05) is 11.6 Å². The molecule has 1 saturated heterocycles. The summed E-state index contributed by atoms with van der Waals surface area (Å²) in [5.74, 6) is -0.706. The molecule has 1 aliphatic heterocycles. The second-order valence-electron chi connectivity index (χ2n) is 4.97. The molecule has 6 heteroatoms. The number of carbonyl (C=O) groups excluding carboxylic acids is 2. The lowest BCUT2D eigenvalue weighted by Crippen LogP contribution is -2.36. The maximum absolute atomic E-state index is 12.7. The van der Waals surface area contributed by atoms with Crippen LogP contribution in [0.3, 0.4) is 0 Å². The van der Waals surface area contributed by atoms with Gasteiger partial charge in [-0.2, -0.15) is 0 Å². The van der Waals surface area contributed by atoms with E-state index in [4.69, 9.17) is 4.74 Å². The van der Waals surface area contributed by atoms with Crippen LogP contribution < -0.4 is 5.32 Å². The number of hydrogen-bond donors (Lipinski definition) is 1. The number of halogens is 1. The highest BCUT2D eigenvalue weighted by Gasteiger charge is 2.32. The average Bonchev–Trinajstić information content (AvgIpc) is 2.78. The Morgan fingerprint density at radius 2 is 2.10 bits per heavy atom. The molecule has 1 heterocycles. The largest absolute Gasteiger partial charge is 0.442 e. The molecule has 0 radical (unpaired) electrons. The summed E-state index contributed by atoms with van der Waals surface area (Å²) in [5, 5.41) is 2.68. The lowest BCUT2D eigenvalue weighted by molar-refractivity contribution is 0.0914. The number of hydrogen-bond acceptors (Lipinski definition) is 3. The first-order valence-electron chi connectivity index (χ1n) is 6.48. The molecule has 0 spiro atoms. The van der Waals surface area contributed by atoms with E-state index in [1.165, 1.54) is 24.3 Å². The minimum Gasteiger partial charge on any atom is -0.442 e. The Morgan fingerprint density at radius 1 is 1.45 bits per heavy atom. The van der Waals surface area contributed by atoms with Gasteiger partial charge in [-0.15, -0.1) is 0 Å². The Morgan fingerprint density at radius 3 is 2.65 bits per heavy atom. The highest BCUT2D eigenvalue weighted by Crippen LogP contribution is 2.13. The van der Waals surface area contributed by atoms with Crippen molar-refractivity contribution in [1.82, 2.24) is 10.2 Å². The van der Waals surface area contributed by atoms with Gasteiger partial charge >= 0.3 is 6.09 Å². The molecule has 2 amide bonds. The quantitative estimate of drug-likeness (QED) is 0.914. The van der Waals surface area contributed by atoms with E-state index in [1.807, 2.05) is 13.8 Å². The van der Waals surface area contributed by atoms with Gasteiger partial charge < -0.3 is 15.0 Å². The normalized spacial score (nSPS) is 18.3. The minimum absolute atomic E-state index is 0.0697. The van der Waals surface area contributed by atoms with E-state index in [1.54, 1.807) is 4.90 Å². The van der Waals surface area contributed by atoms with Crippen molar-refractivity contribution in [3.63, 3.8) is 0 Å². The predicted molar refractivity (Wildman–Crippen MR) is 70.8 cm³/mol. The van der Waals surface area contributed by atoms with Crippen molar-refractivity contribution in [2.75, 3.05) is 13.1 Å². The summed E-state index contributed by atoms with van der Waals surface area (Å²) in [7, 11) is 0. The Hall–Kier alpha value is -2.11. The summed E-state index contributed by atoms with van der Waals surface area (Å²) in [4.78, 5) is 25.0. The van der Waals surface area contributed by atoms with Crippen LogP contribution in [0.25, 0.3) is 0 Å². The van der Waals surface area contributed by atoms with Gasteiger partial charge in [0.2, 0.25) is 0 Å². The summed E-state index contributed by atoms with van der Waals surface area (Å²) in [6.07, 6.45) is -0.713. The Labute approximate surface area is 116 Å². The summed E-state index contributed by atoms with van der Waals surface area (Å²) in [6, 6.07) is 5.34. The SMILES string of the molecule is CC(C)N1CC(CNC(=O)c2ccc(F)cc2)OC1=O. The molecule has 1 atom stereocenters. The molecule has 1 fully saturated rings. The lowest BCUT2D eigenvalue weighted by Gasteiger charge is -2.16. The molecule has 1 aromatic carbocycles. The number of rotatable bonds is 4. The number of nitrogens with one attached hydrogen (secondary N) is 1. The van der Waals surface area contributed by atoms with E-state index in [0.29, 0.717) is 12.1 Å². The van der Waals surface area contributed by atoms with E-state index >= 15 is 0 Å². The van der Waals surface area contributed by atoms with Gasteiger partial charge in [0.1, 0.15) is 11.9 Å². The van der Waals surface area contributed by atoms with Crippen LogP contribution in [0.1, 0.15) is 24.2 Å². The topological polar surface area (TPSA) is 58.6 Å². The van der Waals surface area contributed by atoms with Crippen molar-refractivity contribution in [2.45, 2.75) is 26.0 Å². The van der Waals surface area contributed by atoms with Gasteiger partial charge in [0.15, 0.2) is 0 Å². The zero-order valence-corrected chi connectivity index (χ0v) is 11.4. The third-order valence-electron chi connectivity index (χ3n) is 3.12. The van der Waals surface area contributed by atoms with Crippen molar-refractivity contribution in [1.29, 1.82) is 0 Å². The second kappa shape index (κ2) is 5.90. The molecule has 20 heavy (non-hydrogen) atoms. The number of amides is 2. The highest BCUT2D eigenvalue weighted by molar-refractivity contribution is 5.94. The van der Waals surface area contributed by atoms with Crippen LogP contribution in [0.2, 0.25) is 0 Å². The van der Waals surface area contributed by atoms with Gasteiger partial charge in [-0.3, -0.25) is 4.79 Å². The van der Waals surface area contributed by atoms with Crippen LogP contribution in [-0.4, -0.2) is 42.1 Å². The standard InChI is InChI=1S/C14H17FN2O3/c1-9(2)17-8-12(20-14(17)19)7-16-13(18)10-3-5-11(15)6-4-10/h3-6,9,12H,7-8H2,1-2H3,(H,16,18). The van der Waals surface area contributed by atoms with Gasteiger partial charge in [-0.05, 0) is 38.1 Å². The highest BCUT2D eigenvalue weighted by atomic mass is 19.1. The minimum atomic E-state index is -0.390. The van der Waals surface area contributed by atoms with E-state index in [0.717, 1.165) is 0 Å². The molecule has 0 aromatic heterocycles. The summed E-state index contributed by atoms with van der Waals surface area (Å²) in [5.41, 5.74) is 0.372. The first-order chi connectivity index (χ1) is 9.47. The van der Waals surface area contributed by atoms with E-state index in [-0.39, 0.29) is 36.5 Å². The Kier molecular flexibility index (Phi) is 4.22. The van der Waals surface area contributed by atoms with Crippen LogP contribution in [0, 0.1) is 5.82 Å². The zero-order valence-electron chi connectivity index (χ0n) is 11.4. The zero-order chi connectivity index (χ0) is 14.7. The van der Waals surface area contributed by atoms with Crippen molar-refractivity contribution in [3.8, 4) is 0 Å². The fourth-order valence-electron chi connectivity index (χ4n) is 1.98. The van der Waals surface area contributed by atoms with Crippen LogP contribution in [-0.2, 0) is 4.74 Å². The van der Waals surface area contributed by atoms with Gasteiger partial charge in [0.25, 0.3) is 5.91 Å². The Bertz CT molecular complexity index is 502. The van der Waals surface area contributed by atoms with E-state index < -0.39 is 0 Å². The van der Waals surface area contributed by atoms with Gasteiger partial charge in [-0.1, -0.05) is 0 Å². The molecule has 108 valence electrons. The van der Waals surface area contributed by atoms with Gasteiger partial charge in [-0.25, -0.2) is 9.18 Å². The van der Waals surface area contributed by atoms with Crippen LogP contribution in [0.5, 0.6) is 0 Å². The molecule has 5 nitrogen and oxygen atoms in total. The summed E-state index contributed by atoms with van der Waals surface area (Å²) < 4.78 is 17.9. The first-order valence-corrected chi connectivity index (χ1v) is 6.48. The molecule has 1 unspecified atom stereocenters. The number of carbonyl (C=O) groups is 2. The third-order valence-corrected chi connectivity index (χ3v) is 3.12. The maximum atomic E-state index is 12.7. The van der Waals surface area contributed by atoms with E-state index in [9.17, 15) is 14.0 Å². The van der Waals surface area contributed by atoms with Gasteiger partial charge in [0.05, 0.1) is 13.1 Å². The number of ether oxygens (including phenoxy) is 1. The number of cyclic esters (lactones) is 1. The average molecular weight is 280 g/mol. The molecule has 1 aromatic rings. The molecule has 0 aliphatic carbocycles. The first kappa shape index (κ1) is 14.3. The van der Waals surface area contributed by atoms with Crippen molar-refractivity contribution in [3.05, 3.63) is 35.6 Å². The fraction of sp³-hybridized carbons (Fsp3) is 0.429. The molecule has 1 N–H and O–H groups in total. The van der Waals surface area contributed by atoms with E-state index in [2.05, 4.69) is 5.32 Å². The Balaban J connectivity index is 1.85. The predicted octanol–water partition coefficient (Wildman–Crippen LogP) is 1.78. The van der Waals surface area contributed by atoms with Crippen LogP contribution in [0.15, 0.2) is 24.3 Å². The van der Waals surface area contributed by atoms with Crippen LogP contribution in [0.4, 0.5) is 9.18 Å². The molecular weight excluding hydrogens is 263 g/mol. The number of benzene rings is 1. The van der Waals surface area contributed by atoms with Crippen LogP contribution >= 0.6 is 0 Å². The number of nitrogens with zero attached hydrogens (tertiary/aromatic N) is 1. The molecular formula is C14H17FN2O3. The molecule has 1 aliphatic rings. The fourth-order valence-corrected chi connectivity index (χ4v) is 1.98. The summed E-state index contributed by atoms with van der Waals surface area (Å²) in [6.45, 7) is 4.51. The third kappa shape index (κ3) is 3.26. The molecule has 0 saturated carbocycles. The second-order valence-corrected chi connectivity index (χ2v) is 4.97. The van der Waals surface area contributed by atoms with Crippen molar-refractivity contribution < 1.29 is 18.7 Å². The lowest BCUT2D eigenvalue weighted by atomic mass is 10.2.